The Hall–Kier alpha value is -1.01. The lowest BCUT2D eigenvalue weighted by Gasteiger charge is -2.20. The van der Waals surface area contributed by atoms with Gasteiger partial charge in [-0.1, -0.05) is 12.2 Å². The molecule has 17 heavy (non-hydrogen) atoms. The smallest absolute Gasteiger partial charge is 0.321 e. The summed E-state index contributed by atoms with van der Waals surface area (Å²) in [6.45, 7) is 8.69. The first-order valence-electron chi connectivity index (χ1n) is 5.36. The fraction of sp³-hybridized carbons (Fsp3) is 0.636. The normalized spacial score (nSPS) is 11.9. The summed E-state index contributed by atoms with van der Waals surface area (Å²) in [6, 6.07) is -0.913. The van der Waals surface area contributed by atoms with Crippen molar-refractivity contribution in [2.45, 2.75) is 19.9 Å². The van der Waals surface area contributed by atoms with E-state index in [1.54, 1.807) is 4.90 Å². The molecule has 0 unspecified atom stereocenters. The summed E-state index contributed by atoms with van der Waals surface area (Å²) in [7, 11) is 0. The summed E-state index contributed by atoms with van der Waals surface area (Å²) in [4.78, 5) is 23.9. The highest BCUT2D eigenvalue weighted by Gasteiger charge is 2.15. The second-order valence-electron chi connectivity index (χ2n) is 3.82. The van der Waals surface area contributed by atoms with Gasteiger partial charge in [-0.3, -0.25) is 9.59 Å². The van der Waals surface area contributed by atoms with E-state index in [4.69, 9.17) is 10.8 Å². The Labute approximate surface area is 106 Å². The minimum Gasteiger partial charge on any atom is -0.480 e. The number of hydrogen-bond acceptors (Lipinski definition) is 4. The van der Waals surface area contributed by atoms with Crippen LogP contribution in [0.25, 0.3) is 0 Å². The maximum atomic E-state index is 11.7. The quantitative estimate of drug-likeness (QED) is 0.623. The number of carbonyl (C=O) groups excluding carboxylic acids is 1. The topological polar surface area (TPSA) is 83.6 Å². The van der Waals surface area contributed by atoms with Gasteiger partial charge in [-0.05, 0) is 13.8 Å². The van der Waals surface area contributed by atoms with Crippen molar-refractivity contribution in [2.24, 2.45) is 5.73 Å². The largest absolute Gasteiger partial charge is 0.480 e. The van der Waals surface area contributed by atoms with Crippen molar-refractivity contribution >= 4 is 23.6 Å². The maximum absolute atomic E-state index is 11.7. The molecule has 0 aromatic rings. The molecule has 0 spiro atoms. The fourth-order valence-corrected chi connectivity index (χ4v) is 2.01. The monoisotopic (exact) mass is 260 g/mol. The number of carboxylic acid groups (broad SMARTS) is 1. The molecule has 0 aliphatic heterocycles. The van der Waals surface area contributed by atoms with Gasteiger partial charge in [0, 0.05) is 18.8 Å². The van der Waals surface area contributed by atoms with E-state index < -0.39 is 12.0 Å². The van der Waals surface area contributed by atoms with E-state index in [0.717, 1.165) is 5.57 Å². The van der Waals surface area contributed by atoms with E-state index in [9.17, 15) is 9.59 Å². The maximum Gasteiger partial charge on any atom is 0.321 e. The van der Waals surface area contributed by atoms with Gasteiger partial charge in [-0.25, -0.2) is 0 Å². The lowest BCUT2D eigenvalue weighted by atomic mass is 10.3. The predicted octanol–water partition coefficient (Wildman–Crippen LogP) is 0.556. The van der Waals surface area contributed by atoms with Gasteiger partial charge < -0.3 is 15.7 Å². The highest BCUT2D eigenvalue weighted by atomic mass is 32.2. The third-order valence-electron chi connectivity index (χ3n) is 2.04. The van der Waals surface area contributed by atoms with Crippen molar-refractivity contribution in [1.82, 2.24) is 4.90 Å². The Kier molecular flexibility index (Phi) is 7.65. The standard InChI is InChI=1S/C11H20N2O3S/c1-4-13(5-8(2)3)10(14)7-17-6-9(12)11(15)16/h9H,2,4-7,12H2,1,3H3,(H,15,16)/t9-/m0/s1. The SMILES string of the molecule is C=C(C)CN(CC)C(=O)CSC[C@H](N)C(=O)O. The van der Waals surface area contributed by atoms with Crippen LogP contribution in [0.3, 0.4) is 0 Å². The Bertz CT molecular complexity index is 294. The molecule has 98 valence electrons. The lowest BCUT2D eigenvalue weighted by Crippen LogP contribution is -2.35. The van der Waals surface area contributed by atoms with Crippen molar-refractivity contribution < 1.29 is 14.7 Å². The molecule has 0 aromatic carbocycles. The molecule has 6 heteroatoms. The fourth-order valence-electron chi connectivity index (χ4n) is 1.14. The van der Waals surface area contributed by atoms with Crippen molar-refractivity contribution in [1.29, 1.82) is 0 Å². The zero-order chi connectivity index (χ0) is 13.4. The molecule has 0 rings (SSSR count). The van der Waals surface area contributed by atoms with E-state index in [0.29, 0.717) is 13.1 Å². The lowest BCUT2D eigenvalue weighted by molar-refractivity contribution is -0.138. The zero-order valence-corrected chi connectivity index (χ0v) is 11.1. The zero-order valence-electron chi connectivity index (χ0n) is 10.3. The molecule has 1 amide bonds. The number of aliphatic carboxylic acids is 1. The minimum atomic E-state index is -1.04. The number of rotatable bonds is 8. The number of carbonyl (C=O) groups is 2. The highest BCUT2D eigenvalue weighted by molar-refractivity contribution is 8.00. The van der Waals surface area contributed by atoms with Crippen molar-refractivity contribution in [3.8, 4) is 0 Å². The number of nitrogens with zero attached hydrogens (tertiary/aromatic N) is 1. The molecular weight excluding hydrogens is 240 g/mol. The summed E-state index contributed by atoms with van der Waals surface area (Å²) >= 11 is 1.24. The summed E-state index contributed by atoms with van der Waals surface area (Å²) in [6.07, 6.45) is 0. The molecule has 0 aliphatic rings. The molecule has 0 fully saturated rings. The Morgan fingerprint density at radius 1 is 1.53 bits per heavy atom. The van der Waals surface area contributed by atoms with Gasteiger partial charge >= 0.3 is 5.97 Å². The number of nitrogens with two attached hydrogens (primary N) is 1. The summed E-state index contributed by atoms with van der Waals surface area (Å²) in [5.74, 6) is -0.564. The first-order chi connectivity index (χ1) is 7.88. The molecule has 0 radical (unpaired) electrons. The third kappa shape index (κ3) is 7.01. The van der Waals surface area contributed by atoms with Crippen LogP contribution >= 0.6 is 11.8 Å². The number of hydrogen-bond donors (Lipinski definition) is 2. The van der Waals surface area contributed by atoms with Crippen LogP contribution in [0.15, 0.2) is 12.2 Å². The number of likely N-dealkylation sites (N-methyl/N-ethyl adjacent to an activating group) is 1. The van der Waals surface area contributed by atoms with Gasteiger partial charge in [0.05, 0.1) is 5.75 Å². The molecule has 0 saturated carbocycles. The van der Waals surface area contributed by atoms with Crippen molar-refractivity contribution in [3.63, 3.8) is 0 Å². The minimum absolute atomic E-state index is 0.0157. The first kappa shape index (κ1) is 16.0. The van der Waals surface area contributed by atoms with Gasteiger partial charge in [0.2, 0.25) is 5.91 Å². The van der Waals surface area contributed by atoms with Gasteiger partial charge in [0.1, 0.15) is 6.04 Å². The van der Waals surface area contributed by atoms with E-state index in [1.807, 2.05) is 13.8 Å². The summed E-state index contributed by atoms with van der Waals surface area (Å²) < 4.78 is 0. The van der Waals surface area contributed by atoms with Gasteiger partial charge in [0.15, 0.2) is 0 Å². The third-order valence-corrected chi connectivity index (χ3v) is 3.08. The number of amides is 1. The number of carboxylic acids is 1. The highest BCUT2D eigenvalue weighted by Crippen LogP contribution is 2.06. The van der Waals surface area contributed by atoms with Crippen LogP contribution in [0.2, 0.25) is 0 Å². The van der Waals surface area contributed by atoms with Crippen LogP contribution in [0.4, 0.5) is 0 Å². The van der Waals surface area contributed by atoms with Crippen LogP contribution in [-0.2, 0) is 9.59 Å². The van der Waals surface area contributed by atoms with Crippen molar-refractivity contribution in [3.05, 3.63) is 12.2 Å². The van der Waals surface area contributed by atoms with Gasteiger partial charge in [0.25, 0.3) is 0 Å². The average Bonchev–Trinajstić information content (AvgIpc) is 2.24. The second kappa shape index (κ2) is 8.14. The average molecular weight is 260 g/mol. The van der Waals surface area contributed by atoms with Crippen LogP contribution in [-0.4, -0.2) is 52.5 Å². The Balaban J connectivity index is 3.98. The predicted molar refractivity (Wildman–Crippen MR) is 70.0 cm³/mol. The molecule has 0 heterocycles. The van der Waals surface area contributed by atoms with Crippen LogP contribution < -0.4 is 5.73 Å². The van der Waals surface area contributed by atoms with Gasteiger partial charge in [-0.15, -0.1) is 11.8 Å². The van der Waals surface area contributed by atoms with Gasteiger partial charge in [-0.2, -0.15) is 0 Å². The molecule has 5 nitrogen and oxygen atoms in total. The molecule has 3 N–H and O–H groups in total. The van der Waals surface area contributed by atoms with E-state index in [1.165, 1.54) is 11.8 Å². The molecule has 0 saturated heterocycles. The van der Waals surface area contributed by atoms with E-state index in [-0.39, 0.29) is 17.4 Å². The molecule has 0 aromatic heterocycles. The van der Waals surface area contributed by atoms with Crippen LogP contribution in [0.1, 0.15) is 13.8 Å². The molecule has 1 atom stereocenters. The molecule has 0 bridgehead atoms. The first-order valence-corrected chi connectivity index (χ1v) is 6.52. The van der Waals surface area contributed by atoms with E-state index in [2.05, 4.69) is 6.58 Å². The Morgan fingerprint density at radius 3 is 2.53 bits per heavy atom. The van der Waals surface area contributed by atoms with Crippen LogP contribution in [0, 0.1) is 0 Å². The molecule has 0 aliphatic carbocycles. The van der Waals surface area contributed by atoms with E-state index >= 15 is 0 Å². The van der Waals surface area contributed by atoms with Crippen LogP contribution in [0.5, 0.6) is 0 Å². The van der Waals surface area contributed by atoms with Crippen molar-refractivity contribution in [2.75, 3.05) is 24.6 Å². The Morgan fingerprint density at radius 2 is 2.12 bits per heavy atom. The summed E-state index contributed by atoms with van der Waals surface area (Å²) in [5, 5.41) is 8.58. The molecular formula is C11H20N2O3S. The summed E-state index contributed by atoms with van der Waals surface area (Å²) in [5.41, 5.74) is 6.26. The second-order valence-corrected chi connectivity index (χ2v) is 4.86. The number of thioether (sulfide) groups is 1.